The monoisotopic (exact) mass is 412 g/mol. The molecule has 0 aromatic heterocycles. The molecule has 3 aliphatic carbocycles. The Morgan fingerprint density at radius 3 is 2.23 bits per heavy atom. The predicted molar refractivity (Wildman–Crippen MR) is 120 cm³/mol. The number of rotatable bonds is 0. The molecule has 3 saturated carbocycles. The summed E-state index contributed by atoms with van der Waals surface area (Å²) in [7, 11) is 0. The highest BCUT2D eigenvalue weighted by Gasteiger charge is 2.66. The van der Waals surface area contributed by atoms with Crippen molar-refractivity contribution in [3.05, 3.63) is 23.3 Å². The average Bonchev–Trinajstić information content (AvgIpc) is 2.64. The van der Waals surface area contributed by atoms with Gasteiger partial charge < -0.3 is 14.9 Å². The van der Waals surface area contributed by atoms with Gasteiger partial charge in [-0.2, -0.15) is 0 Å². The van der Waals surface area contributed by atoms with Gasteiger partial charge in [0.05, 0.1) is 6.10 Å². The Labute approximate surface area is 182 Å². The lowest BCUT2D eigenvalue weighted by molar-refractivity contribution is -0.223. The van der Waals surface area contributed by atoms with Gasteiger partial charge in [0.15, 0.2) is 0 Å². The van der Waals surface area contributed by atoms with Crippen LogP contribution in [-0.4, -0.2) is 21.9 Å². The van der Waals surface area contributed by atoms with Crippen LogP contribution in [0.2, 0.25) is 0 Å². The zero-order valence-electron chi connectivity index (χ0n) is 19.7. The van der Waals surface area contributed by atoms with Gasteiger partial charge in [-0.15, -0.1) is 0 Å². The molecule has 1 aliphatic heterocycles. The van der Waals surface area contributed by atoms with Gasteiger partial charge in [-0.25, -0.2) is 0 Å². The molecular formula is C27H40O3. The number of aryl methyl sites for hydroxylation is 1. The first kappa shape index (κ1) is 20.7. The number of aliphatic hydroxyl groups is 1. The molecule has 1 aromatic carbocycles. The molecule has 0 spiro atoms. The summed E-state index contributed by atoms with van der Waals surface area (Å²) >= 11 is 0. The fourth-order valence-electron chi connectivity index (χ4n) is 9.11. The van der Waals surface area contributed by atoms with Crippen LogP contribution in [-0.2, 0) is 6.42 Å². The van der Waals surface area contributed by atoms with Crippen molar-refractivity contribution < 1.29 is 14.9 Å². The number of phenolic OH excluding ortho intramolecular Hbond substituents is 1. The lowest BCUT2D eigenvalue weighted by atomic mass is 9.37. The molecule has 0 bridgehead atoms. The van der Waals surface area contributed by atoms with Crippen LogP contribution in [0.4, 0.5) is 0 Å². The van der Waals surface area contributed by atoms with E-state index >= 15 is 0 Å². The highest BCUT2D eigenvalue weighted by atomic mass is 16.5. The lowest BCUT2D eigenvalue weighted by Crippen LogP contribution is -2.66. The van der Waals surface area contributed by atoms with Gasteiger partial charge in [0.2, 0.25) is 0 Å². The standard InChI is InChI=1S/C27H40O3/c1-16-13-18(28)14-17-15-21-26(5)10-7-19-24(2,3)22(29)9-11-25(19,4)20(26)8-12-27(21,6)30-23(16)17/h13-14,19-22,28-29H,7-12,15H2,1-6H3/t19?,20?,21-,22+,25+,26-,27-/m1/s1. The first-order chi connectivity index (χ1) is 13.9. The molecule has 2 unspecified atom stereocenters. The van der Waals surface area contributed by atoms with Crippen LogP contribution in [0, 0.1) is 40.9 Å². The maximum absolute atomic E-state index is 10.8. The molecule has 166 valence electrons. The maximum atomic E-state index is 10.8. The number of benzene rings is 1. The molecule has 0 amide bonds. The minimum absolute atomic E-state index is 0.00630. The summed E-state index contributed by atoms with van der Waals surface area (Å²) in [6.45, 7) is 14.1. The smallest absolute Gasteiger partial charge is 0.126 e. The molecule has 30 heavy (non-hydrogen) atoms. The number of fused-ring (bicyclic) bond motifs is 6. The maximum Gasteiger partial charge on any atom is 0.126 e. The lowest BCUT2D eigenvalue weighted by Gasteiger charge is -2.69. The van der Waals surface area contributed by atoms with E-state index in [-0.39, 0.29) is 27.9 Å². The quantitative estimate of drug-likeness (QED) is 0.547. The van der Waals surface area contributed by atoms with Crippen LogP contribution in [0.5, 0.6) is 11.5 Å². The molecule has 3 nitrogen and oxygen atoms in total. The van der Waals surface area contributed by atoms with Crippen molar-refractivity contribution in [3.8, 4) is 11.5 Å². The molecule has 1 aromatic rings. The molecule has 3 fully saturated rings. The van der Waals surface area contributed by atoms with E-state index in [9.17, 15) is 10.2 Å². The van der Waals surface area contributed by atoms with Crippen molar-refractivity contribution in [3.63, 3.8) is 0 Å². The van der Waals surface area contributed by atoms with Crippen molar-refractivity contribution in [2.24, 2.45) is 34.0 Å². The highest BCUT2D eigenvalue weighted by molar-refractivity contribution is 5.48. The minimum Gasteiger partial charge on any atom is -0.508 e. The molecule has 4 aliphatic rings. The molecule has 0 saturated heterocycles. The normalized spacial score (nSPS) is 46.6. The van der Waals surface area contributed by atoms with Gasteiger partial charge >= 0.3 is 0 Å². The first-order valence-electron chi connectivity index (χ1n) is 12.1. The zero-order valence-corrected chi connectivity index (χ0v) is 19.7. The Balaban J connectivity index is 1.56. The Morgan fingerprint density at radius 2 is 1.50 bits per heavy atom. The van der Waals surface area contributed by atoms with Crippen molar-refractivity contribution in [1.29, 1.82) is 0 Å². The Bertz CT molecular complexity index is 875. The third-order valence-electron chi connectivity index (χ3n) is 10.6. The average molecular weight is 413 g/mol. The van der Waals surface area contributed by atoms with E-state index in [1.54, 1.807) is 0 Å². The van der Waals surface area contributed by atoms with E-state index in [1.807, 2.05) is 12.1 Å². The van der Waals surface area contributed by atoms with Gasteiger partial charge in [-0.05, 0) is 110 Å². The summed E-state index contributed by atoms with van der Waals surface area (Å²) in [5.41, 5.74) is 2.61. The molecule has 5 rings (SSSR count). The van der Waals surface area contributed by atoms with Crippen molar-refractivity contribution in [2.75, 3.05) is 0 Å². The van der Waals surface area contributed by atoms with E-state index < -0.39 is 0 Å². The highest BCUT2D eigenvalue weighted by Crippen LogP contribution is 2.70. The minimum atomic E-state index is -0.176. The van der Waals surface area contributed by atoms with Gasteiger partial charge in [0.1, 0.15) is 17.1 Å². The third-order valence-corrected chi connectivity index (χ3v) is 10.6. The number of hydrogen-bond acceptors (Lipinski definition) is 3. The Kier molecular flexibility index (Phi) is 4.26. The van der Waals surface area contributed by atoms with Crippen molar-refractivity contribution >= 4 is 0 Å². The fraction of sp³-hybridized carbons (Fsp3) is 0.778. The zero-order chi connectivity index (χ0) is 21.7. The summed E-state index contributed by atoms with van der Waals surface area (Å²) in [5, 5.41) is 21.0. The summed E-state index contributed by atoms with van der Waals surface area (Å²) in [5.74, 6) is 3.08. The second-order valence-electron chi connectivity index (χ2n) is 12.5. The van der Waals surface area contributed by atoms with Gasteiger partial charge in [0.25, 0.3) is 0 Å². The topological polar surface area (TPSA) is 49.7 Å². The molecule has 2 N–H and O–H groups in total. The van der Waals surface area contributed by atoms with Crippen molar-refractivity contribution in [2.45, 2.75) is 98.2 Å². The SMILES string of the molecule is Cc1cc(O)cc2c1O[C@]1(C)CCC3[C@@]4(C)CC[C@H](O)C(C)(C)C4CC[C@@]3(C)[C@H]1C2. The number of hydrogen-bond donors (Lipinski definition) is 2. The van der Waals surface area contributed by atoms with Crippen LogP contribution in [0.15, 0.2) is 12.1 Å². The van der Waals surface area contributed by atoms with E-state index in [0.717, 1.165) is 37.0 Å². The number of aromatic hydroxyl groups is 1. The van der Waals surface area contributed by atoms with E-state index in [4.69, 9.17) is 4.74 Å². The summed E-state index contributed by atoms with van der Waals surface area (Å²) in [6.07, 6.45) is 7.63. The molecule has 1 heterocycles. The van der Waals surface area contributed by atoms with Crippen LogP contribution in [0.3, 0.4) is 0 Å². The third kappa shape index (κ3) is 2.54. The summed E-state index contributed by atoms with van der Waals surface area (Å²) in [6, 6.07) is 3.76. The molecule has 7 atom stereocenters. The largest absolute Gasteiger partial charge is 0.508 e. The van der Waals surface area contributed by atoms with Crippen LogP contribution in [0.25, 0.3) is 0 Å². The first-order valence-corrected chi connectivity index (χ1v) is 12.1. The van der Waals surface area contributed by atoms with E-state index in [2.05, 4.69) is 41.5 Å². The van der Waals surface area contributed by atoms with E-state index in [1.165, 1.54) is 24.8 Å². The van der Waals surface area contributed by atoms with Crippen LogP contribution in [0.1, 0.15) is 84.3 Å². The Morgan fingerprint density at radius 1 is 0.867 bits per heavy atom. The van der Waals surface area contributed by atoms with Gasteiger partial charge in [-0.1, -0.05) is 27.7 Å². The number of ether oxygens (including phenoxy) is 1. The molecule has 3 heteroatoms. The van der Waals surface area contributed by atoms with Crippen LogP contribution < -0.4 is 4.74 Å². The molecular weight excluding hydrogens is 372 g/mol. The van der Waals surface area contributed by atoms with Gasteiger partial charge in [0, 0.05) is 5.92 Å². The van der Waals surface area contributed by atoms with Crippen molar-refractivity contribution in [1.82, 2.24) is 0 Å². The fourth-order valence-corrected chi connectivity index (χ4v) is 9.11. The Hall–Kier alpha value is -1.22. The summed E-state index contributed by atoms with van der Waals surface area (Å²) < 4.78 is 6.80. The predicted octanol–water partition coefficient (Wildman–Crippen LogP) is 6.02. The number of aliphatic hydroxyl groups excluding tert-OH is 1. The number of phenols is 1. The van der Waals surface area contributed by atoms with E-state index in [0.29, 0.717) is 23.5 Å². The second kappa shape index (κ2) is 6.18. The second-order valence-corrected chi connectivity index (χ2v) is 12.5. The summed E-state index contributed by atoms with van der Waals surface area (Å²) in [4.78, 5) is 0. The van der Waals surface area contributed by atoms with Gasteiger partial charge in [-0.3, -0.25) is 0 Å². The molecule has 0 radical (unpaired) electrons. The van der Waals surface area contributed by atoms with Crippen LogP contribution >= 0.6 is 0 Å².